The van der Waals surface area contributed by atoms with Crippen LogP contribution in [-0.2, 0) is 47.7 Å². The monoisotopic (exact) mass is 1720 g/mol. The Balaban J connectivity index is 0.000000149. The second kappa shape index (κ2) is 43.6. The standard InChI is InChI=1S/2C17H22FN3O4.C16H20FN3O5.C16H20FN3O4.C15H18FN3O4/c1-11(22)20-9-14-10-21(17(23)25-14)12-2-3-16(15(18)8-12)24-13-4-6-19-7-5-13;1-11(22)20-9-14-10-21(17(23)25-14)12-4-5-16(15(18)7-12)24-13-3-2-6-19-8-13;1-9(21)19-5-11-8-20(16(23)24-11)10-2-3-14(12(17)4-10)25-15-7-18-6-13(15)22;1-10(21)19-8-13-9-20(16(22)24-13)11-2-3-15(14(17)6-11)23-12-4-5-18-7-12;1-9(20)18-7-12-8-19(15(21)23-12)10-2-3-14(13(16)4-10)22-11-5-17-6-11/h2-3,8,13-14,19H,4-7,9-10H2,1H3,(H,20,22);4-5,7,13-14,19H,2-3,6,8-10H2,1H3,(H,20,22);2-4,11,13,15,18,22H,5-8H2,1H3,(H,19,21);2-3,6,12-13,18H,4-5,7-9H2,1H3,(H,19,21);2-4,11-12,17H,5-8H2,1H3,(H,18,20)/t14-;13?,14-;11-,13-,15-;12-,13-;12-/m00000/s1. The number of anilines is 5. The number of cyclic esters (lactones) is 5. The fraction of sp³-hybridized carbons (Fsp3) is 0.506. The van der Waals surface area contributed by atoms with Gasteiger partial charge in [-0.3, -0.25) is 48.5 Å². The largest absolute Gasteiger partial charge is 0.487 e. The molecule has 41 heteroatoms. The van der Waals surface area contributed by atoms with E-state index in [-0.39, 0.29) is 148 Å². The van der Waals surface area contributed by atoms with E-state index in [2.05, 4.69) is 53.2 Å². The molecule has 10 aliphatic heterocycles. The average molecular weight is 1720 g/mol. The van der Waals surface area contributed by atoms with Crippen LogP contribution in [0, 0.1) is 29.1 Å². The van der Waals surface area contributed by atoms with E-state index in [1.165, 1.54) is 114 Å². The lowest BCUT2D eigenvalue weighted by Gasteiger charge is -2.28. The number of β-amino-alcohol motifs (C(OH)–C–C–N with tert-alkyl or cyclic N) is 1. The molecule has 5 aromatic carbocycles. The second-order valence-corrected chi connectivity index (χ2v) is 30.0. The maximum atomic E-state index is 14.4. The van der Waals surface area contributed by atoms with Gasteiger partial charge in [0.1, 0.15) is 67.1 Å². The summed E-state index contributed by atoms with van der Waals surface area (Å²) in [7, 11) is 0. The molecule has 5 aromatic rings. The van der Waals surface area contributed by atoms with Crippen molar-refractivity contribution in [3.05, 3.63) is 120 Å². The molecule has 10 saturated heterocycles. The third-order valence-corrected chi connectivity index (χ3v) is 20.3. The maximum absolute atomic E-state index is 14.4. The number of hydrogen-bond acceptors (Lipinski definition) is 26. The molecule has 0 saturated carbocycles. The van der Waals surface area contributed by atoms with E-state index in [9.17, 15) is 75.0 Å². The number of aliphatic hydroxyl groups excluding tert-OH is 1. The van der Waals surface area contributed by atoms with Gasteiger partial charge in [0.25, 0.3) is 0 Å². The number of halogens is 5. The fourth-order valence-electron chi connectivity index (χ4n) is 13.8. The van der Waals surface area contributed by atoms with Gasteiger partial charge >= 0.3 is 30.5 Å². The van der Waals surface area contributed by atoms with Crippen molar-refractivity contribution in [2.75, 3.05) is 155 Å². The van der Waals surface area contributed by atoms with Crippen LogP contribution in [0.4, 0.5) is 74.4 Å². The molecule has 10 heterocycles. The van der Waals surface area contributed by atoms with Crippen LogP contribution in [-0.4, -0.2) is 263 Å². The molecule has 0 radical (unpaired) electrons. The Labute approximate surface area is 699 Å². The van der Waals surface area contributed by atoms with Crippen molar-refractivity contribution in [3.8, 4) is 28.7 Å². The van der Waals surface area contributed by atoms with Crippen molar-refractivity contribution >= 4 is 88.4 Å². The van der Waals surface area contributed by atoms with Crippen molar-refractivity contribution in [2.45, 2.75) is 134 Å². The number of aliphatic hydroxyl groups is 1. The van der Waals surface area contributed by atoms with Gasteiger partial charge in [-0.25, -0.2) is 45.9 Å². The zero-order valence-electron chi connectivity index (χ0n) is 67.9. The van der Waals surface area contributed by atoms with Crippen LogP contribution < -0.4 is 101 Å². The lowest BCUT2D eigenvalue weighted by molar-refractivity contribution is -0.120. The maximum Gasteiger partial charge on any atom is 0.414 e. The Morgan fingerprint density at radius 1 is 0.344 bits per heavy atom. The van der Waals surface area contributed by atoms with Crippen LogP contribution in [0.5, 0.6) is 28.7 Å². The van der Waals surface area contributed by atoms with Gasteiger partial charge < -0.3 is 106 Å². The number of carbonyl (C=O) groups excluding carboxylic acids is 10. The van der Waals surface area contributed by atoms with E-state index in [0.717, 1.165) is 58.3 Å². The van der Waals surface area contributed by atoms with E-state index in [1.807, 2.05) is 0 Å². The highest BCUT2D eigenvalue weighted by atomic mass is 19.1. The molecule has 0 aromatic heterocycles. The zero-order chi connectivity index (χ0) is 87.1. The van der Waals surface area contributed by atoms with Crippen LogP contribution in [0.25, 0.3) is 0 Å². The molecule has 662 valence electrons. The summed E-state index contributed by atoms with van der Waals surface area (Å²) in [5, 5.41) is 38.3. The first-order valence-corrected chi connectivity index (χ1v) is 40.2. The molecular formula is C81H102F5N15O21. The fourth-order valence-corrected chi connectivity index (χ4v) is 13.8. The molecule has 11 N–H and O–H groups in total. The van der Waals surface area contributed by atoms with Crippen LogP contribution in [0.2, 0.25) is 0 Å². The van der Waals surface area contributed by atoms with Crippen molar-refractivity contribution in [1.29, 1.82) is 0 Å². The molecule has 0 bridgehead atoms. The van der Waals surface area contributed by atoms with Crippen LogP contribution in [0.3, 0.4) is 0 Å². The molecule has 36 nitrogen and oxygen atoms in total. The molecular weight excluding hydrogens is 1610 g/mol. The normalized spacial score (nSPS) is 22.9. The Hall–Kier alpha value is -11.8. The molecule has 10 amide bonds. The number of ether oxygens (including phenoxy) is 10. The number of nitrogens with zero attached hydrogens (tertiary/aromatic N) is 5. The van der Waals surface area contributed by atoms with Crippen molar-refractivity contribution in [2.24, 2.45) is 0 Å². The Morgan fingerprint density at radius 3 is 0.869 bits per heavy atom. The minimum Gasteiger partial charge on any atom is -0.487 e. The van der Waals surface area contributed by atoms with E-state index >= 15 is 0 Å². The number of rotatable bonds is 25. The zero-order valence-corrected chi connectivity index (χ0v) is 67.9. The molecule has 122 heavy (non-hydrogen) atoms. The molecule has 1 unspecified atom stereocenters. The molecule has 10 aliphatic rings. The summed E-state index contributed by atoms with van der Waals surface area (Å²) in [6.07, 6.45) is -2.04. The van der Waals surface area contributed by atoms with Gasteiger partial charge in [0.15, 0.2) is 57.8 Å². The number of amides is 10. The smallest absolute Gasteiger partial charge is 0.414 e. The van der Waals surface area contributed by atoms with Crippen LogP contribution in [0.15, 0.2) is 91.0 Å². The lowest BCUT2D eigenvalue weighted by Crippen LogP contribution is -2.50. The minimum atomic E-state index is -0.692. The summed E-state index contributed by atoms with van der Waals surface area (Å²) in [4.78, 5) is 121. The summed E-state index contributed by atoms with van der Waals surface area (Å²) in [6, 6.07) is 21.9. The Morgan fingerprint density at radius 2 is 0.607 bits per heavy atom. The second-order valence-electron chi connectivity index (χ2n) is 30.0. The Bertz CT molecular complexity index is 4400. The van der Waals surface area contributed by atoms with Gasteiger partial charge in [0.2, 0.25) is 29.5 Å². The van der Waals surface area contributed by atoms with E-state index < -0.39 is 102 Å². The summed E-state index contributed by atoms with van der Waals surface area (Å²) < 4.78 is 125. The van der Waals surface area contributed by atoms with Gasteiger partial charge in [-0.2, -0.15) is 0 Å². The van der Waals surface area contributed by atoms with E-state index in [4.69, 9.17) is 47.4 Å². The number of piperidine rings is 2. The van der Waals surface area contributed by atoms with Gasteiger partial charge in [0.05, 0.1) is 93.9 Å². The minimum absolute atomic E-state index is 0.000359. The van der Waals surface area contributed by atoms with Gasteiger partial charge in [-0.05, 0) is 119 Å². The molecule has 0 aliphatic carbocycles. The van der Waals surface area contributed by atoms with Crippen molar-refractivity contribution < 1.29 is 122 Å². The summed E-state index contributed by atoms with van der Waals surface area (Å²) in [5.74, 6) is -2.95. The van der Waals surface area contributed by atoms with Crippen LogP contribution >= 0.6 is 0 Å². The van der Waals surface area contributed by atoms with Crippen molar-refractivity contribution in [1.82, 2.24) is 53.2 Å². The molecule has 9 atom stereocenters. The number of hydrogen-bond donors (Lipinski definition) is 11. The number of nitrogens with one attached hydrogen (secondary N) is 10. The van der Waals surface area contributed by atoms with Crippen LogP contribution in [0.1, 0.15) is 66.7 Å². The number of benzene rings is 5. The van der Waals surface area contributed by atoms with Gasteiger partial charge in [-0.1, -0.05) is 0 Å². The third kappa shape index (κ3) is 26.4. The average Bonchev–Trinajstić information content (AvgIpc) is 1.69. The quantitative estimate of drug-likeness (QED) is 0.0283. The first-order chi connectivity index (χ1) is 58.5. The summed E-state index contributed by atoms with van der Waals surface area (Å²) in [5.41, 5.74) is 1.95. The third-order valence-electron chi connectivity index (χ3n) is 20.3. The lowest BCUT2D eigenvalue weighted by atomic mass is 10.1. The van der Waals surface area contributed by atoms with Gasteiger partial charge in [0, 0.05) is 104 Å². The first kappa shape index (κ1) is 91.0. The summed E-state index contributed by atoms with van der Waals surface area (Å²) >= 11 is 0. The van der Waals surface area contributed by atoms with Gasteiger partial charge in [-0.15, -0.1) is 0 Å². The molecule has 0 spiro atoms. The highest BCUT2D eigenvalue weighted by molar-refractivity contribution is 5.93. The summed E-state index contributed by atoms with van der Waals surface area (Å²) in [6.45, 7) is 16.5. The SMILES string of the molecule is CC(=O)NC[C@H]1CN(c2ccc(OC3CCCNC3)c(F)c2)C(=O)O1.CC(=O)NC[C@H]1CN(c2ccc(OC3CCNCC3)c(F)c2)C(=O)O1.CC(=O)NC[C@H]1CN(c2ccc(OC3CNC3)c(F)c2)C(=O)O1.CC(=O)NC[C@H]1CN(c2ccc(O[C@H]3CCNC3)c(F)c2)C(=O)O1.CC(=O)NC[C@H]1CN(c2ccc(O[C@H]3CNC[C@@H]3O)c(F)c2)C(=O)O1. The predicted molar refractivity (Wildman–Crippen MR) is 429 cm³/mol. The molecule has 10 fully saturated rings. The van der Waals surface area contributed by atoms with E-state index in [1.54, 1.807) is 36.4 Å². The highest BCUT2D eigenvalue weighted by Gasteiger charge is 2.39. The first-order valence-electron chi connectivity index (χ1n) is 40.2. The number of carbonyl (C=O) groups is 10. The topological polar surface area (TPSA) is 420 Å². The van der Waals surface area contributed by atoms with E-state index in [0.29, 0.717) is 67.7 Å². The van der Waals surface area contributed by atoms with Crippen molar-refractivity contribution in [3.63, 3.8) is 0 Å². The molecule has 15 rings (SSSR count). The Kier molecular flexibility index (Phi) is 32.5. The predicted octanol–water partition coefficient (Wildman–Crippen LogP) is 4.50. The highest BCUT2D eigenvalue weighted by Crippen LogP contribution is 2.35.